The minimum atomic E-state index is -0.774. The molecule has 0 aromatic heterocycles. The Morgan fingerprint density at radius 3 is 2.65 bits per heavy atom. The number of urea groups is 1. The lowest BCUT2D eigenvalue weighted by atomic mass is 9.93. The molecule has 0 aromatic carbocycles. The molecular formula is C14H24N2O4. The Kier molecular flexibility index (Phi) is 4.52. The van der Waals surface area contributed by atoms with E-state index in [-0.39, 0.29) is 18.4 Å². The van der Waals surface area contributed by atoms with E-state index in [0.29, 0.717) is 32.5 Å². The first-order chi connectivity index (χ1) is 9.37. The van der Waals surface area contributed by atoms with E-state index in [0.717, 1.165) is 19.4 Å². The van der Waals surface area contributed by atoms with Gasteiger partial charge in [-0.1, -0.05) is 0 Å². The highest BCUT2D eigenvalue weighted by atomic mass is 16.4. The summed E-state index contributed by atoms with van der Waals surface area (Å²) in [6, 6.07) is -0.0113. The second-order valence-corrected chi connectivity index (χ2v) is 6.34. The summed E-state index contributed by atoms with van der Waals surface area (Å²) < 4.78 is 0. The zero-order valence-corrected chi connectivity index (χ0v) is 12.0. The maximum absolute atomic E-state index is 12.4. The number of β-amino-alcohol motifs (C(OH)–C–C–N with tert-alkyl or cyclic N) is 1. The molecule has 0 aromatic rings. The van der Waals surface area contributed by atoms with E-state index in [2.05, 4.69) is 0 Å². The molecule has 2 unspecified atom stereocenters. The number of carbonyl (C=O) groups excluding carboxylic acids is 1. The summed E-state index contributed by atoms with van der Waals surface area (Å²) in [5, 5.41) is 18.7. The van der Waals surface area contributed by atoms with Gasteiger partial charge in [-0.15, -0.1) is 0 Å². The zero-order valence-electron chi connectivity index (χ0n) is 12.0. The average Bonchev–Trinajstić information content (AvgIpc) is 2.76. The molecule has 2 fully saturated rings. The smallest absolute Gasteiger partial charge is 0.320 e. The summed E-state index contributed by atoms with van der Waals surface area (Å²) in [5.41, 5.74) is -0.770. The molecule has 2 aliphatic heterocycles. The third-order valence-electron chi connectivity index (χ3n) is 4.28. The number of likely N-dealkylation sites (tertiary alicyclic amines) is 2. The highest BCUT2D eigenvalue weighted by Crippen LogP contribution is 2.25. The van der Waals surface area contributed by atoms with Gasteiger partial charge in [0.2, 0.25) is 0 Å². The number of amides is 2. The maximum atomic E-state index is 12.4. The van der Waals surface area contributed by atoms with Crippen molar-refractivity contribution in [2.45, 2.75) is 44.6 Å². The molecule has 2 amide bonds. The molecule has 2 aliphatic rings. The van der Waals surface area contributed by atoms with Gasteiger partial charge < -0.3 is 20.0 Å². The van der Waals surface area contributed by atoms with Crippen LogP contribution in [0.3, 0.4) is 0 Å². The van der Waals surface area contributed by atoms with Gasteiger partial charge in [-0.2, -0.15) is 0 Å². The molecule has 2 atom stereocenters. The van der Waals surface area contributed by atoms with Crippen molar-refractivity contribution in [2.24, 2.45) is 5.92 Å². The van der Waals surface area contributed by atoms with Crippen LogP contribution in [0.15, 0.2) is 0 Å². The third-order valence-corrected chi connectivity index (χ3v) is 4.28. The molecule has 2 saturated heterocycles. The topological polar surface area (TPSA) is 81.1 Å². The summed E-state index contributed by atoms with van der Waals surface area (Å²) in [5.74, 6) is -0.490. The number of aliphatic hydroxyl groups is 1. The van der Waals surface area contributed by atoms with Crippen molar-refractivity contribution >= 4 is 12.0 Å². The molecule has 0 saturated carbocycles. The summed E-state index contributed by atoms with van der Waals surface area (Å²) in [4.78, 5) is 26.5. The SMILES string of the molecule is CC1(O)CCN(C(=O)N2CCCC(CCC(=O)O)C2)C1. The molecule has 0 radical (unpaired) electrons. The minimum Gasteiger partial charge on any atom is -0.481 e. The second-order valence-electron chi connectivity index (χ2n) is 6.34. The molecular weight excluding hydrogens is 260 g/mol. The first-order valence-electron chi connectivity index (χ1n) is 7.35. The number of aliphatic carboxylic acids is 1. The fourth-order valence-corrected chi connectivity index (χ4v) is 3.11. The Hall–Kier alpha value is -1.30. The molecule has 6 nitrogen and oxygen atoms in total. The molecule has 20 heavy (non-hydrogen) atoms. The highest BCUT2D eigenvalue weighted by Gasteiger charge is 2.36. The fraction of sp³-hybridized carbons (Fsp3) is 0.857. The average molecular weight is 284 g/mol. The Labute approximate surface area is 119 Å². The van der Waals surface area contributed by atoms with Crippen molar-refractivity contribution in [3.63, 3.8) is 0 Å². The summed E-state index contributed by atoms with van der Waals surface area (Å²) >= 11 is 0. The third kappa shape index (κ3) is 3.85. The molecule has 114 valence electrons. The number of carbonyl (C=O) groups is 2. The number of carboxylic acid groups (broad SMARTS) is 1. The van der Waals surface area contributed by atoms with Gasteiger partial charge in [0, 0.05) is 26.1 Å². The van der Waals surface area contributed by atoms with E-state index < -0.39 is 11.6 Å². The van der Waals surface area contributed by atoms with Gasteiger partial charge >= 0.3 is 12.0 Å². The number of rotatable bonds is 3. The van der Waals surface area contributed by atoms with Gasteiger partial charge in [0.1, 0.15) is 0 Å². The van der Waals surface area contributed by atoms with Crippen LogP contribution in [-0.4, -0.2) is 63.8 Å². The lowest BCUT2D eigenvalue weighted by molar-refractivity contribution is -0.137. The van der Waals surface area contributed by atoms with Crippen LogP contribution in [0.5, 0.6) is 0 Å². The summed E-state index contributed by atoms with van der Waals surface area (Å²) in [7, 11) is 0. The van der Waals surface area contributed by atoms with E-state index in [9.17, 15) is 14.7 Å². The molecule has 0 bridgehead atoms. The minimum absolute atomic E-state index is 0.0113. The Bertz CT molecular complexity index is 383. The van der Waals surface area contributed by atoms with Gasteiger partial charge in [-0.3, -0.25) is 4.79 Å². The van der Waals surface area contributed by atoms with Gasteiger partial charge in [0.25, 0.3) is 0 Å². The standard InChI is InChI=1S/C14H24N2O4/c1-14(20)6-8-16(10-14)13(19)15-7-2-3-11(9-15)4-5-12(17)18/h11,20H,2-10H2,1H3,(H,17,18). The number of nitrogens with zero attached hydrogens (tertiary/aromatic N) is 2. The van der Waals surface area contributed by atoms with Crippen LogP contribution in [-0.2, 0) is 4.79 Å². The van der Waals surface area contributed by atoms with Crippen molar-refractivity contribution in [1.29, 1.82) is 0 Å². The van der Waals surface area contributed by atoms with Gasteiger partial charge in [-0.25, -0.2) is 4.79 Å². The quantitative estimate of drug-likeness (QED) is 0.814. The predicted molar refractivity (Wildman–Crippen MR) is 73.4 cm³/mol. The van der Waals surface area contributed by atoms with Crippen LogP contribution in [0, 0.1) is 5.92 Å². The normalized spacial score (nSPS) is 30.6. The second kappa shape index (κ2) is 5.99. The highest BCUT2D eigenvalue weighted by molar-refractivity contribution is 5.75. The molecule has 0 spiro atoms. The van der Waals surface area contributed by atoms with E-state index >= 15 is 0 Å². The van der Waals surface area contributed by atoms with Crippen LogP contribution in [0.25, 0.3) is 0 Å². The molecule has 0 aliphatic carbocycles. The lowest BCUT2D eigenvalue weighted by Crippen LogP contribution is -2.47. The Morgan fingerprint density at radius 2 is 2.05 bits per heavy atom. The number of carboxylic acids is 1. The fourth-order valence-electron chi connectivity index (χ4n) is 3.11. The zero-order chi connectivity index (χ0) is 14.8. The largest absolute Gasteiger partial charge is 0.481 e. The maximum Gasteiger partial charge on any atom is 0.320 e. The summed E-state index contributed by atoms with van der Waals surface area (Å²) in [6.07, 6.45) is 3.35. The summed E-state index contributed by atoms with van der Waals surface area (Å²) in [6.45, 7) is 4.13. The van der Waals surface area contributed by atoms with Gasteiger partial charge in [0.05, 0.1) is 12.1 Å². The first kappa shape index (κ1) is 15.1. The van der Waals surface area contributed by atoms with Crippen LogP contribution >= 0.6 is 0 Å². The van der Waals surface area contributed by atoms with E-state index in [1.54, 1.807) is 11.8 Å². The number of piperidine rings is 1. The molecule has 2 N–H and O–H groups in total. The number of hydrogen-bond donors (Lipinski definition) is 2. The molecule has 2 heterocycles. The molecule has 2 rings (SSSR count). The molecule has 6 heteroatoms. The van der Waals surface area contributed by atoms with Crippen molar-refractivity contribution in [1.82, 2.24) is 9.80 Å². The van der Waals surface area contributed by atoms with E-state index in [1.807, 2.05) is 4.90 Å². The first-order valence-corrected chi connectivity index (χ1v) is 7.35. The van der Waals surface area contributed by atoms with Crippen molar-refractivity contribution < 1.29 is 19.8 Å². The van der Waals surface area contributed by atoms with Crippen LogP contribution in [0.1, 0.15) is 39.0 Å². The lowest BCUT2D eigenvalue weighted by Gasteiger charge is -2.35. The predicted octanol–water partition coefficient (Wildman–Crippen LogP) is 1.14. The van der Waals surface area contributed by atoms with Crippen LogP contribution in [0.2, 0.25) is 0 Å². The Balaban J connectivity index is 1.85. The monoisotopic (exact) mass is 284 g/mol. The van der Waals surface area contributed by atoms with E-state index in [1.165, 1.54) is 0 Å². The van der Waals surface area contributed by atoms with E-state index in [4.69, 9.17) is 5.11 Å². The van der Waals surface area contributed by atoms with Gasteiger partial charge in [0.15, 0.2) is 0 Å². The van der Waals surface area contributed by atoms with Crippen molar-refractivity contribution in [3.05, 3.63) is 0 Å². The number of hydrogen-bond acceptors (Lipinski definition) is 3. The van der Waals surface area contributed by atoms with Crippen LogP contribution < -0.4 is 0 Å². The van der Waals surface area contributed by atoms with Crippen molar-refractivity contribution in [2.75, 3.05) is 26.2 Å². The van der Waals surface area contributed by atoms with Crippen LogP contribution in [0.4, 0.5) is 4.79 Å². The van der Waals surface area contributed by atoms with Gasteiger partial charge in [-0.05, 0) is 38.5 Å². The van der Waals surface area contributed by atoms with Crippen molar-refractivity contribution in [3.8, 4) is 0 Å². The Morgan fingerprint density at radius 1 is 1.30 bits per heavy atom.